The molecule has 2 atom stereocenters. The molecule has 1 heterocycles. The van der Waals surface area contributed by atoms with Crippen molar-refractivity contribution in [2.24, 2.45) is 0 Å². The van der Waals surface area contributed by atoms with Crippen molar-refractivity contribution in [2.45, 2.75) is 56.5 Å². The zero-order valence-corrected chi connectivity index (χ0v) is 12.0. The predicted octanol–water partition coefficient (Wildman–Crippen LogP) is 4.53. The molecule has 0 aliphatic carbocycles. The molecule has 0 spiro atoms. The summed E-state index contributed by atoms with van der Waals surface area (Å²) in [5.74, 6) is 0.946. The van der Waals surface area contributed by atoms with E-state index in [0.29, 0.717) is 12.1 Å². The van der Waals surface area contributed by atoms with Crippen LogP contribution in [0, 0.1) is 5.82 Å². The summed E-state index contributed by atoms with van der Waals surface area (Å²) in [7, 11) is 0. The fourth-order valence-corrected chi connectivity index (χ4v) is 3.74. The molecule has 0 aromatic heterocycles. The fraction of sp³-hybridized carbons (Fsp3) is 0.600. The minimum absolute atomic E-state index is 0.0625. The van der Waals surface area contributed by atoms with E-state index in [0.717, 1.165) is 29.1 Å². The van der Waals surface area contributed by atoms with Crippen molar-refractivity contribution in [3.63, 3.8) is 0 Å². The number of halogens is 1. The van der Waals surface area contributed by atoms with Crippen LogP contribution in [0.2, 0.25) is 0 Å². The average molecular weight is 267 g/mol. The van der Waals surface area contributed by atoms with Gasteiger partial charge in [-0.25, -0.2) is 4.39 Å². The molecule has 0 saturated carbocycles. The molecule has 1 aliphatic heterocycles. The van der Waals surface area contributed by atoms with Gasteiger partial charge in [-0.1, -0.05) is 32.4 Å². The first kappa shape index (κ1) is 13.9. The van der Waals surface area contributed by atoms with Crippen molar-refractivity contribution in [1.82, 2.24) is 5.32 Å². The summed E-state index contributed by atoms with van der Waals surface area (Å²) >= 11 is 1.65. The van der Waals surface area contributed by atoms with Gasteiger partial charge in [-0.3, -0.25) is 0 Å². The minimum atomic E-state index is -0.0625. The molecule has 100 valence electrons. The fourth-order valence-electron chi connectivity index (χ4n) is 2.60. The predicted molar refractivity (Wildman–Crippen MR) is 76.6 cm³/mol. The van der Waals surface area contributed by atoms with E-state index >= 15 is 0 Å². The van der Waals surface area contributed by atoms with Crippen molar-refractivity contribution < 1.29 is 4.39 Å². The maximum atomic E-state index is 13.8. The summed E-state index contributed by atoms with van der Waals surface area (Å²) in [4.78, 5) is 0.854. The summed E-state index contributed by atoms with van der Waals surface area (Å²) in [6, 6.07) is 6.35. The van der Waals surface area contributed by atoms with Crippen molar-refractivity contribution in [2.75, 3.05) is 5.75 Å². The third-order valence-corrected chi connectivity index (χ3v) is 4.75. The molecule has 2 rings (SSSR count). The Balaban J connectivity index is 2.14. The lowest BCUT2D eigenvalue weighted by molar-refractivity contribution is 0.388. The van der Waals surface area contributed by atoms with Crippen molar-refractivity contribution in [3.8, 4) is 0 Å². The molecule has 1 N–H and O–H groups in total. The number of benzene rings is 1. The van der Waals surface area contributed by atoms with Crippen molar-refractivity contribution in [1.29, 1.82) is 0 Å². The molecule has 0 fully saturated rings. The van der Waals surface area contributed by atoms with E-state index in [4.69, 9.17) is 0 Å². The van der Waals surface area contributed by atoms with Gasteiger partial charge >= 0.3 is 0 Å². The molecular weight excluding hydrogens is 245 g/mol. The molecule has 0 bridgehead atoms. The van der Waals surface area contributed by atoms with Gasteiger partial charge in [-0.15, -0.1) is 11.8 Å². The summed E-state index contributed by atoms with van der Waals surface area (Å²) in [5, 5.41) is 3.71. The normalized spacial score (nSPS) is 20.5. The van der Waals surface area contributed by atoms with Crippen LogP contribution in [-0.4, -0.2) is 11.8 Å². The number of nitrogens with one attached hydrogen (secondary N) is 1. The number of fused-ring (bicyclic) bond motifs is 1. The number of rotatable bonds is 5. The third-order valence-electron chi connectivity index (χ3n) is 3.59. The second-order valence-electron chi connectivity index (χ2n) is 4.91. The smallest absolute Gasteiger partial charge is 0.137 e. The van der Waals surface area contributed by atoms with E-state index in [1.807, 2.05) is 6.07 Å². The summed E-state index contributed by atoms with van der Waals surface area (Å²) in [6.45, 7) is 4.44. The van der Waals surface area contributed by atoms with Gasteiger partial charge in [0.2, 0.25) is 0 Å². The molecular formula is C15H22FNS. The lowest BCUT2D eigenvalue weighted by Gasteiger charge is -2.30. The molecule has 1 aliphatic rings. The number of hydrogen-bond donors (Lipinski definition) is 1. The highest BCUT2D eigenvalue weighted by atomic mass is 32.2. The molecule has 1 nitrogen and oxygen atoms in total. The molecule has 1 aromatic rings. The monoisotopic (exact) mass is 267 g/mol. The van der Waals surface area contributed by atoms with Gasteiger partial charge in [0.1, 0.15) is 5.82 Å². The highest BCUT2D eigenvalue weighted by Crippen LogP contribution is 2.38. The van der Waals surface area contributed by atoms with Gasteiger partial charge in [0.25, 0.3) is 0 Å². The van der Waals surface area contributed by atoms with E-state index in [-0.39, 0.29) is 5.82 Å². The Morgan fingerprint density at radius 3 is 3.00 bits per heavy atom. The lowest BCUT2D eigenvalue weighted by atomic mass is 10.0. The third kappa shape index (κ3) is 3.07. The van der Waals surface area contributed by atoms with Crippen LogP contribution < -0.4 is 5.32 Å². The van der Waals surface area contributed by atoms with Crippen LogP contribution in [-0.2, 0) is 0 Å². The largest absolute Gasteiger partial charge is 0.307 e. The first-order valence-electron chi connectivity index (χ1n) is 6.93. The van der Waals surface area contributed by atoms with E-state index in [2.05, 4.69) is 25.2 Å². The topological polar surface area (TPSA) is 12.0 Å². The Bertz CT molecular complexity index is 394. The quantitative estimate of drug-likeness (QED) is 0.841. The molecule has 3 heteroatoms. The lowest BCUT2D eigenvalue weighted by Crippen LogP contribution is -2.34. The first-order valence-corrected chi connectivity index (χ1v) is 7.92. The maximum Gasteiger partial charge on any atom is 0.137 e. The van der Waals surface area contributed by atoms with Gasteiger partial charge in [0.15, 0.2) is 0 Å². The Kier molecular flexibility index (Phi) is 5.07. The molecule has 18 heavy (non-hydrogen) atoms. The van der Waals surface area contributed by atoms with E-state index in [9.17, 15) is 4.39 Å². The molecule has 0 saturated heterocycles. The van der Waals surface area contributed by atoms with Gasteiger partial charge in [-0.2, -0.15) is 0 Å². The van der Waals surface area contributed by atoms with E-state index in [1.54, 1.807) is 17.8 Å². The Morgan fingerprint density at radius 1 is 1.44 bits per heavy atom. The minimum Gasteiger partial charge on any atom is -0.307 e. The van der Waals surface area contributed by atoms with Crippen LogP contribution in [0.3, 0.4) is 0 Å². The zero-order chi connectivity index (χ0) is 13.0. The first-order chi connectivity index (χ1) is 8.76. The highest BCUT2D eigenvalue weighted by molar-refractivity contribution is 7.99. The van der Waals surface area contributed by atoms with Crippen LogP contribution in [0.1, 0.15) is 51.1 Å². The van der Waals surface area contributed by atoms with Crippen LogP contribution >= 0.6 is 11.8 Å². The average Bonchev–Trinajstić information content (AvgIpc) is 2.39. The van der Waals surface area contributed by atoms with Crippen molar-refractivity contribution >= 4 is 11.8 Å². The van der Waals surface area contributed by atoms with Crippen LogP contribution in [0.25, 0.3) is 0 Å². The molecule has 0 amide bonds. The summed E-state index contributed by atoms with van der Waals surface area (Å²) < 4.78 is 13.8. The van der Waals surface area contributed by atoms with Crippen LogP contribution in [0.5, 0.6) is 0 Å². The maximum absolute atomic E-state index is 13.8. The van der Waals surface area contributed by atoms with Crippen LogP contribution in [0.15, 0.2) is 23.1 Å². The Labute approximate surface area is 114 Å². The highest BCUT2D eigenvalue weighted by Gasteiger charge is 2.24. The SMILES string of the molecule is CCCC(CC)NC1CCSc2c(F)cccc21. The Morgan fingerprint density at radius 2 is 2.28 bits per heavy atom. The van der Waals surface area contributed by atoms with Gasteiger partial charge in [0.05, 0.1) is 0 Å². The summed E-state index contributed by atoms with van der Waals surface area (Å²) in [5.41, 5.74) is 1.15. The second-order valence-corrected chi connectivity index (χ2v) is 6.01. The molecule has 2 unspecified atom stereocenters. The van der Waals surface area contributed by atoms with Gasteiger partial charge in [-0.05, 0) is 36.6 Å². The molecule has 0 radical (unpaired) electrons. The molecule has 1 aromatic carbocycles. The van der Waals surface area contributed by atoms with E-state index in [1.165, 1.54) is 12.8 Å². The standard InChI is InChI=1S/C15H22FNS/c1-3-6-11(4-2)17-14-9-10-18-15-12(14)7-5-8-13(15)16/h5,7-8,11,14,17H,3-4,6,9-10H2,1-2H3. The number of thioether (sulfide) groups is 1. The van der Waals surface area contributed by atoms with Crippen molar-refractivity contribution in [3.05, 3.63) is 29.6 Å². The summed E-state index contributed by atoms with van der Waals surface area (Å²) in [6.07, 6.45) is 4.64. The van der Waals surface area contributed by atoms with Gasteiger partial charge in [0, 0.05) is 17.0 Å². The second kappa shape index (κ2) is 6.58. The van der Waals surface area contributed by atoms with Gasteiger partial charge < -0.3 is 5.32 Å². The zero-order valence-electron chi connectivity index (χ0n) is 11.2. The Hall–Kier alpha value is -0.540. The number of hydrogen-bond acceptors (Lipinski definition) is 2. The van der Waals surface area contributed by atoms with E-state index < -0.39 is 0 Å². The van der Waals surface area contributed by atoms with Crippen LogP contribution in [0.4, 0.5) is 4.39 Å².